The first-order valence-electron chi connectivity index (χ1n) is 5.83. The Morgan fingerprint density at radius 3 is 2.61 bits per heavy atom. The third-order valence-electron chi connectivity index (χ3n) is 2.71. The molecule has 1 aromatic carbocycles. The lowest BCUT2D eigenvalue weighted by Gasteiger charge is -2.13. The van der Waals surface area contributed by atoms with Crippen LogP contribution in [0.4, 0.5) is 5.69 Å². The van der Waals surface area contributed by atoms with Crippen LogP contribution >= 0.6 is 0 Å². The number of nitrogens with one attached hydrogen (secondary N) is 2. The second-order valence-electron chi connectivity index (χ2n) is 4.25. The number of amides is 2. The number of rotatable bonds is 4. The van der Waals surface area contributed by atoms with E-state index in [0.717, 1.165) is 5.56 Å². The summed E-state index contributed by atoms with van der Waals surface area (Å²) in [4.78, 5) is 23.5. The monoisotopic (exact) mass is 249 g/mol. The highest BCUT2D eigenvalue weighted by Crippen LogP contribution is 2.18. The van der Waals surface area contributed by atoms with Gasteiger partial charge in [0.15, 0.2) is 0 Å². The summed E-state index contributed by atoms with van der Waals surface area (Å²) in [5.74, 6) is -0.704. The summed E-state index contributed by atoms with van der Waals surface area (Å²) in [6.07, 6.45) is 0. The van der Waals surface area contributed by atoms with E-state index >= 15 is 0 Å². The molecule has 1 atom stereocenters. The van der Waals surface area contributed by atoms with E-state index < -0.39 is 0 Å². The lowest BCUT2D eigenvalue weighted by molar-refractivity contribution is -0.119. The fourth-order valence-corrected chi connectivity index (χ4v) is 1.45. The Kier molecular flexibility index (Phi) is 4.85. The van der Waals surface area contributed by atoms with Crippen molar-refractivity contribution in [2.24, 2.45) is 11.7 Å². The van der Waals surface area contributed by atoms with Gasteiger partial charge < -0.3 is 16.4 Å². The molecular formula is C13H19N3O2. The van der Waals surface area contributed by atoms with E-state index in [4.69, 9.17) is 5.73 Å². The van der Waals surface area contributed by atoms with Crippen LogP contribution in [0.15, 0.2) is 18.2 Å². The van der Waals surface area contributed by atoms with Crippen molar-refractivity contribution in [3.63, 3.8) is 0 Å². The summed E-state index contributed by atoms with van der Waals surface area (Å²) in [6.45, 7) is 3.90. The van der Waals surface area contributed by atoms with Gasteiger partial charge in [-0.3, -0.25) is 9.59 Å². The SMILES string of the molecule is CNC(=O)c1cc(C)ccc1NC(=O)C(C)CN. The minimum Gasteiger partial charge on any atom is -0.355 e. The number of benzene rings is 1. The van der Waals surface area contributed by atoms with Gasteiger partial charge in [0.25, 0.3) is 5.91 Å². The fourth-order valence-electron chi connectivity index (χ4n) is 1.45. The quantitative estimate of drug-likeness (QED) is 0.741. The number of carbonyl (C=O) groups is 2. The normalized spacial score (nSPS) is 11.8. The van der Waals surface area contributed by atoms with Gasteiger partial charge in [-0.05, 0) is 19.1 Å². The molecule has 0 fully saturated rings. The third-order valence-corrected chi connectivity index (χ3v) is 2.71. The van der Waals surface area contributed by atoms with Crippen molar-refractivity contribution >= 4 is 17.5 Å². The van der Waals surface area contributed by atoms with Gasteiger partial charge in [0.05, 0.1) is 11.3 Å². The van der Waals surface area contributed by atoms with Crippen LogP contribution in [0.3, 0.4) is 0 Å². The van der Waals surface area contributed by atoms with Crippen molar-refractivity contribution in [2.45, 2.75) is 13.8 Å². The molecule has 0 radical (unpaired) electrons. The maximum atomic E-state index is 11.8. The van der Waals surface area contributed by atoms with E-state index in [1.165, 1.54) is 0 Å². The van der Waals surface area contributed by atoms with Crippen molar-refractivity contribution < 1.29 is 9.59 Å². The van der Waals surface area contributed by atoms with Gasteiger partial charge in [0, 0.05) is 19.5 Å². The molecule has 1 aromatic rings. The van der Waals surface area contributed by atoms with Crippen LogP contribution in [0.5, 0.6) is 0 Å². The molecule has 5 nitrogen and oxygen atoms in total. The number of nitrogens with two attached hydrogens (primary N) is 1. The summed E-state index contributed by atoms with van der Waals surface area (Å²) in [7, 11) is 1.55. The highest BCUT2D eigenvalue weighted by atomic mass is 16.2. The average Bonchev–Trinajstić information content (AvgIpc) is 2.38. The number of hydrogen-bond donors (Lipinski definition) is 3. The predicted octanol–water partition coefficient (Wildman–Crippen LogP) is 0.888. The molecule has 1 rings (SSSR count). The van der Waals surface area contributed by atoms with Crippen molar-refractivity contribution in [1.82, 2.24) is 5.32 Å². The van der Waals surface area contributed by atoms with Crippen molar-refractivity contribution in [1.29, 1.82) is 0 Å². The zero-order valence-electron chi connectivity index (χ0n) is 10.9. The smallest absolute Gasteiger partial charge is 0.253 e. The maximum absolute atomic E-state index is 11.8. The van der Waals surface area contributed by atoms with E-state index in [1.54, 1.807) is 26.1 Å². The number of aryl methyl sites for hydroxylation is 1. The first kappa shape index (κ1) is 14.2. The second kappa shape index (κ2) is 6.16. The Morgan fingerprint density at radius 1 is 1.39 bits per heavy atom. The largest absolute Gasteiger partial charge is 0.355 e. The van der Waals surface area contributed by atoms with Gasteiger partial charge in [0.1, 0.15) is 0 Å². The van der Waals surface area contributed by atoms with Crippen molar-refractivity contribution in [3.8, 4) is 0 Å². The summed E-state index contributed by atoms with van der Waals surface area (Å²) >= 11 is 0. The van der Waals surface area contributed by atoms with Crippen LogP contribution in [0, 0.1) is 12.8 Å². The zero-order chi connectivity index (χ0) is 13.7. The Labute approximate surface area is 107 Å². The summed E-state index contributed by atoms with van der Waals surface area (Å²) < 4.78 is 0. The molecule has 0 aliphatic rings. The molecule has 0 saturated carbocycles. The molecule has 0 heterocycles. The lowest BCUT2D eigenvalue weighted by Crippen LogP contribution is -2.28. The Morgan fingerprint density at radius 2 is 2.06 bits per heavy atom. The minimum atomic E-state index is -0.288. The van der Waals surface area contributed by atoms with Gasteiger partial charge in [-0.2, -0.15) is 0 Å². The highest BCUT2D eigenvalue weighted by Gasteiger charge is 2.15. The van der Waals surface area contributed by atoms with E-state index in [1.807, 2.05) is 13.0 Å². The van der Waals surface area contributed by atoms with Crippen molar-refractivity contribution in [2.75, 3.05) is 18.9 Å². The molecular weight excluding hydrogens is 230 g/mol. The molecule has 0 saturated heterocycles. The summed E-state index contributed by atoms with van der Waals surface area (Å²) in [5, 5.41) is 5.27. The fraction of sp³-hybridized carbons (Fsp3) is 0.385. The van der Waals surface area contributed by atoms with Crippen LogP contribution in [-0.2, 0) is 4.79 Å². The molecule has 98 valence electrons. The van der Waals surface area contributed by atoms with Gasteiger partial charge in [0.2, 0.25) is 5.91 Å². The first-order valence-corrected chi connectivity index (χ1v) is 5.83. The highest BCUT2D eigenvalue weighted by molar-refractivity contribution is 6.04. The summed E-state index contributed by atoms with van der Waals surface area (Å²) in [6, 6.07) is 5.30. The molecule has 4 N–H and O–H groups in total. The third kappa shape index (κ3) is 3.30. The van der Waals surface area contributed by atoms with Crippen LogP contribution in [-0.4, -0.2) is 25.4 Å². The van der Waals surface area contributed by atoms with Crippen LogP contribution in [0.25, 0.3) is 0 Å². The van der Waals surface area contributed by atoms with Gasteiger partial charge >= 0.3 is 0 Å². The molecule has 1 unspecified atom stereocenters. The molecule has 0 spiro atoms. The number of hydrogen-bond acceptors (Lipinski definition) is 3. The van der Waals surface area contributed by atoms with E-state index in [2.05, 4.69) is 10.6 Å². The zero-order valence-corrected chi connectivity index (χ0v) is 10.9. The van der Waals surface area contributed by atoms with Gasteiger partial charge in [-0.1, -0.05) is 18.6 Å². The molecule has 0 aromatic heterocycles. The molecule has 0 bridgehead atoms. The summed E-state index contributed by atoms with van der Waals surface area (Å²) in [5.41, 5.74) is 7.35. The molecule has 0 aliphatic carbocycles. The average molecular weight is 249 g/mol. The standard InChI is InChI=1S/C13H19N3O2/c1-8-4-5-11(10(6-8)13(18)15-3)16-12(17)9(2)7-14/h4-6,9H,7,14H2,1-3H3,(H,15,18)(H,16,17). The van der Waals surface area contributed by atoms with Crippen LogP contribution in [0.1, 0.15) is 22.8 Å². The van der Waals surface area contributed by atoms with Crippen molar-refractivity contribution in [3.05, 3.63) is 29.3 Å². The molecule has 5 heteroatoms. The Hall–Kier alpha value is -1.88. The first-order chi connectivity index (χ1) is 8.49. The van der Waals surface area contributed by atoms with E-state index in [9.17, 15) is 9.59 Å². The lowest BCUT2D eigenvalue weighted by atomic mass is 10.1. The minimum absolute atomic E-state index is 0.188. The van der Waals surface area contributed by atoms with E-state index in [0.29, 0.717) is 11.3 Å². The number of carbonyl (C=O) groups excluding carboxylic acids is 2. The Bertz CT molecular complexity index is 458. The van der Waals surface area contributed by atoms with Crippen LogP contribution in [0.2, 0.25) is 0 Å². The topological polar surface area (TPSA) is 84.2 Å². The predicted molar refractivity (Wildman–Crippen MR) is 71.4 cm³/mol. The molecule has 2 amide bonds. The van der Waals surface area contributed by atoms with Gasteiger partial charge in [-0.25, -0.2) is 0 Å². The maximum Gasteiger partial charge on any atom is 0.253 e. The Balaban J connectivity index is 3.01. The molecule has 0 aliphatic heterocycles. The molecule has 18 heavy (non-hydrogen) atoms. The van der Waals surface area contributed by atoms with Crippen LogP contribution < -0.4 is 16.4 Å². The van der Waals surface area contributed by atoms with Gasteiger partial charge in [-0.15, -0.1) is 0 Å². The second-order valence-corrected chi connectivity index (χ2v) is 4.25. The van der Waals surface area contributed by atoms with E-state index in [-0.39, 0.29) is 24.3 Å². The number of anilines is 1.